The molecule has 37 heteroatoms. The van der Waals surface area contributed by atoms with Crippen LogP contribution in [0.3, 0.4) is 0 Å². The molecule has 0 N–H and O–H groups in total. The van der Waals surface area contributed by atoms with Gasteiger partial charge in [0.15, 0.2) is 44.0 Å². The maximum absolute atomic E-state index is 7.21. The zero-order valence-electron chi connectivity index (χ0n) is 67.6. The molecule has 0 aromatic carbocycles. The molecule has 638 valence electrons. The molecule has 0 spiro atoms. The van der Waals surface area contributed by atoms with Crippen molar-refractivity contribution in [2.45, 2.75) is 215 Å². The van der Waals surface area contributed by atoms with E-state index in [1.165, 1.54) is 142 Å². The third-order valence-corrected chi connectivity index (χ3v) is 21.3. The van der Waals surface area contributed by atoms with E-state index in [0.717, 1.165) is 0 Å². The largest absolute Gasteiger partial charge is 0.382 e. The van der Waals surface area contributed by atoms with Crippen LogP contribution in [0.5, 0.6) is 0 Å². The first kappa shape index (κ1) is 90.8. The van der Waals surface area contributed by atoms with E-state index in [9.17, 15) is 0 Å². The van der Waals surface area contributed by atoms with Crippen molar-refractivity contribution >= 4 is 0 Å². The first-order valence-electron chi connectivity index (χ1n) is 37.1. The number of hydrogen-bond acceptors (Lipinski definition) is 37. The second kappa shape index (κ2) is 45.0. The van der Waals surface area contributed by atoms with Crippen LogP contribution in [0.25, 0.3) is 11.4 Å². The third-order valence-electron chi connectivity index (χ3n) is 21.3. The smallest absolute Gasteiger partial charge is 0.187 e. The molecule has 21 fully saturated rings. The molecule has 21 aliphatic heterocycles. The number of nitrogens with zero attached hydrogens (tertiary/aromatic N) is 2. The summed E-state index contributed by atoms with van der Waals surface area (Å²) >= 11 is 0. The molecule has 0 amide bonds. The summed E-state index contributed by atoms with van der Waals surface area (Å²) in [6.45, 7) is -0.624. The van der Waals surface area contributed by atoms with Gasteiger partial charge < -0.3 is 166 Å². The molecule has 0 radical (unpaired) electrons. The lowest BCUT2D eigenvalue weighted by molar-refractivity contribution is -0.402. The van der Waals surface area contributed by atoms with Gasteiger partial charge in [0.25, 0.3) is 0 Å². The van der Waals surface area contributed by atoms with Crippen LogP contribution in [-0.4, -0.2) is 420 Å². The van der Waals surface area contributed by atoms with E-state index in [1.54, 1.807) is 18.5 Å². The minimum Gasteiger partial charge on any atom is -0.382 e. The van der Waals surface area contributed by atoms with Crippen molar-refractivity contribution in [3.8, 4) is 23.2 Å². The molecule has 0 saturated carbocycles. The molecule has 37 nitrogen and oxygen atoms in total. The Bertz CT molecular complexity index is 3050. The van der Waals surface area contributed by atoms with E-state index in [0.29, 0.717) is 17.0 Å². The Balaban J connectivity index is 1.06. The van der Waals surface area contributed by atoms with Gasteiger partial charge >= 0.3 is 0 Å². The van der Waals surface area contributed by atoms with Crippen LogP contribution in [0.4, 0.5) is 0 Å². The fraction of sp³-hybridized carbons (Fsp3) is 0.840. The molecule has 2 aromatic rings. The lowest BCUT2D eigenvalue weighted by Crippen LogP contribution is -2.69. The molecular formula is C75H118N2O35. The number of rotatable bonds is 30. The number of hydrogen-bond donors (Lipinski definition) is 0. The average Bonchev–Trinajstić information content (AvgIpc) is 0.767. The number of aromatic nitrogens is 2. The van der Waals surface area contributed by atoms with E-state index in [1.807, 2.05) is 24.3 Å². The Labute approximate surface area is 655 Å². The van der Waals surface area contributed by atoms with E-state index in [-0.39, 0.29) is 52.9 Å². The van der Waals surface area contributed by atoms with Crippen molar-refractivity contribution in [1.82, 2.24) is 9.97 Å². The first-order valence-corrected chi connectivity index (χ1v) is 37.1. The molecule has 35 atom stereocenters. The highest BCUT2D eigenvalue weighted by molar-refractivity contribution is 5.56. The van der Waals surface area contributed by atoms with Crippen LogP contribution in [0.1, 0.15) is 5.56 Å². The summed E-state index contributed by atoms with van der Waals surface area (Å²) in [5, 5.41) is 0. The maximum atomic E-state index is 7.21. The highest BCUT2D eigenvalue weighted by Crippen LogP contribution is 2.43. The van der Waals surface area contributed by atoms with Crippen molar-refractivity contribution in [3.05, 3.63) is 48.3 Å². The normalized spacial score (nSPS) is 41.6. The average molecular weight is 1610 g/mol. The topological polar surface area (TPSA) is 349 Å². The summed E-state index contributed by atoms with van der Waals surface area (Å²) in [5.74, 6) is 6.32. The second-order valence-electron chi connectivity index (χ2n) is 27.5. The minimum absolute atomic E-state index is 0.0514. The van der Waals surface area contributed by atoms with Crippen molar-refractivity contribution in [1.29, 1.82) is 0 Å². The lowest BCUT2D eigenvalue weighted by Gasteiger charge is -2.52. The van der Waals surface area contributed by atoms with Gasteiger partial charge in [0.2, 0.25) is 0 Å². The standard InChI is InChI=1S/C75H118N2O35/c1-78-31-41-48-55(84-7)63(92-15)70(100-41)108-50-43(33-80-3)102-72(65(94-17)57(50)86-9)110-52-45(35-82-5)104-74(67(96-19)59(52)88-11)112-54-47(37-98-29-23-24-38-26-28-77-40(30-38)39-25-21-22-27-76-39)105-75(68(97-20)61(54)90-13)111-53-46(36-83-6)103-73(66(95-18)60(53)89-12)109-51-44(34-81-4)101-71(64(93-16)58(51)87-10)107-49-42(32-79-2)99-69(106-48)62(91-14)56(49)85-8/h21-22,25-28,30,41-75H,29,31-37H2,1-20H3/t41-,42-,43-,44-,45-,46-,47-,48-,49-,50-,51-,52-,53-,54-,55+,56+,57+,58+,59+,60+,61+,62-,63-,64-,65-,66-,67-,68-,69-,70-,71-,72-,73-,74-,75-/m1/s1. The monoisotopic (exact) mass is 1610 g/mol. The molecule has 23 rings (SSSR count). The van der Waals surface area contributed by atoms with Gasteiger partial charge in [0.1, 0.15) is 178 Å². The van der Waals surface area contributed by atoms with E-state index in [2.05, 4.69) is 21.8 Å². The summed E-state index contributed by atoms with van der Waals surface area (Å²) < 4.78 is 229. The maximum Gasteiger partial charge on any atom is 0.187 e. The summed E-state index contributed by atoms with van der Waals surface area (Å²) in [4.78, 5) is 8.97. The molecule has 23 heterocycles. The Morgan fingerprint density at radius 3 is 0.705 bits per heavy atom. The van der Waals surface area contributed by atoms with Gasteiger partial charge in [0, 0.05) is 160 Å². The lowest BCUT2D eigenvalue weighted by atomic mass is 9.94. The quantitative estimate of drug-likeness (QED) is 0.0754. The van der Waals surface area contributed by atoms with Gasteiger partial charge in [-0.05, 0) is 24.3 Å². The Morgan fingerprint density at radius 2 is 0.491 bits per heavy atom. The van der Waals surface area contributed by atoms with Gasteiger partial charge in [0.05, 0.1) is 57.6 Å². The van der Waals surface area contributed by atoms with Crippen molar-refractivity contribution in [3.63, 3.8) is 0 Å². The predicted molar refractivity (Wildman–Crippen MR) is 382 cm³/mol. The van der Waals surface area contributed by atoms with Gasteiger partial charge in [-0.15, -0.1) is 0 Å². The van der Waals surface area contributed by atoms with Crippen LogP contribution in [0.2, 0.25) is 0 Å². The van der Waals surface area contributed by atoms with Crippen LogP contribution in [-0.2, 0) is 166 Å². The van der Waals surface area contributed by atoms with E-state index < -0.39 is 215 Å². The molecule has 14 bridgehead atoms. The van der Waals surface area contributed by atoms with Crippen molar-refractivity contribution in [2.75, 3.05) is 195 Å². The molecule has 21 saturated heterocycles. The van der Waals surface area contributed by atoms with Gasteiger partial charge in [-0.1, -0.05) is 17.9 Å². The van der Waals surface area contributed by atoms with Crippen LogP contribution in [0, 0.1) is 11.8 Å². The summed E-state index contributed by atoms with van der Waals surface area (Å²) in [6.07, 6.45) is -34.1. The zero-order valence-corrected chi connectivity index (χ0v) is 67.6. The molecule has 21 aliphatic rings. The first-order chi connectivity index (χ1) is 54.7. The molecule has 2 aromatic heterocycles. The number of ether oxygens (including phenoxy) is 35. The zero-order chi connectivity index (χ0) is 80.1. The minimum atomic E-state index is -1.31. The fourth-order valence-electron chi connectivity index (χ4n) is 16.2. The Kier molecular flexibility index (Phi) is 36.5. The van der Waals surface area contributed by atoms with Crippen molar-refractivity contribution in [2.24, 2.45) is 0 Å². The Hall–Kier alpha value is -3.54. The Morgan fingerprint density at radius 1 is 0.259 bits per heavy atom. The van der Waals surface area contributed by atoms with Crippen molar-refractivity contribution < 1.29 is 166 Å². The third kappa shape index (κ3) is 20.5. The van der Waals surface area contributed by atoms with E-state index >= 15 is 0 Å². The summed E-state index contributed by atoms with van der Waals surface area (Å²) in [6, 6.07) is 9.23. The fourth-order valence-corrected chi connectivity index (χ4v) is 16.2. The van der Waals surface area contributed by atoms with Gasteiger partial charge in [-0.25, -0.2) is 0 Å². The molecule has 0 aliphatic carbocycles. The van der Waals surface area contributed by atoms with Gasteiger partial charge in [-0.3, -0.25) is 9.97 Å². The summed E-state index contributed by atoms with van der Waals surface area (Å²) in [5.41, 5.74) is 2.02. The molecular weight excluding hydrogens is 1490 g/mol. The molecule has 112 heavy (non-hydrogen) atoms. The predicted octanol–water partition coefficient (Wildman–Crippen LogP) is 0.384. The van der Waals surface area contributed by atoms with Crippen LogP contribution >= 0.6 is 0 Å². The summed E-state index contributed by atoms with van der Waals surface area (Å²) in [7, 11) is 30.1. The second-order valence-corrected chi connectivity index (χ2v) is 27.5. The van der Waals surface area contributed by atoms with Gasteiger partial charge in [-0.2, -0.15) is 0 Å². The highest BCUT2D eigenvalue weighted by atomic mass is 16.8. The number of methoxy groups -OCH3 is 20. The SMILES string of the molecule is COC[C@H]1O[C@@H]2O[C@H]3[C@H](OC)[C@@H](OC)[C@@H](O[C@H]4[C@H](OC)[C@@H](OC)[C@@H](O[C@H]5[C@H](OC)[C@@H](OC)[C@@H](O[C@H]6[C@H](OC)[C@@H](OC)[C@@H](O[C@H]7[C@H](OC)[C@@H](OC)[C@@H](O[C@H]8[C@H](OC)[C@@H](OC)[C@@H](O[C@H]1[C@H](OC)[C@H]2OC)O[C@@H]8COC)O[C@@H]7COC)O[C@@H]6COC)O[C@@H]5COCC#Cc1ccnc(-c2ccccn2)c1)O[C@@H]4COC)O[C@@H]3COC. The molecule has 0 unspecified atom stereocenters. The van der Waals surface area contributed by atoms with Crippen LogP contribution < -0.4 is 0 Å². The van der Waals surface area contributed by atoms with E-state index in [4.69, 9.17) is 166 Å². The highest BCUT2D eigenvalue weighted by Gasteiger charge is 2.62. The number of pyridine rings is 2. The van der Waals surface area contributed by atoms with Crippen LogP contribution in [0.15, 0.2) is 42.7 Å².